The number of carbonyl (C=O) groups excluding carboxylic acids is 1. The highest BCUT2D eigenvalue weighted by Gasteiger charge is 2.19. The Hall–Kier alpha value is -1.86. The number of carbonyl (C=O) groups is 1. The number of aromatic nitrogens is 2. The topological polar surface area (TPSA) is 76.1 Å². The number of aryl methyl sites for hydroxylation is 1. The fraction of sp³-hybridized carbons (Fsp3) is 0.471. The molecule has 0 saturated carbocycles. The van der Waals surface area contributed by atoms with Crippen LogP contribution < -0.4 is 15.4 Å². The normalized spacial score (nSPS) is 11.3. The molecule has 1 amide bonds. The lowest BCUT2D eigenvalue weighted by Gasteiger charge is -2.12. The van der Waals surface area contributed by atoms with Gasteiger partial charge in [-0.3, -0.25) is 4.79 Å². The first kappa shape index (κ1) is 19.5. The van der Waals surface area contributed by atoms with E-state index in [-0.39, 0.29) is 11.3 Å². The standard InChI is InChI=1S/C17H23ClN4O2S/c1-10-8-12(13(24-5)9-11(10)18)20-14(23)6-7-19-16-21-15(22-25-16)17(2,3)4/h8-9H,6-7H2,1-5H3,(H,20,23)(H,19,21,22). The van der Waals surface area contributed by atoms with E-state index in [1.165, 1.54) is 11.5 Å². The number of anilines is 2. The van der Waals surface area contributed by atoms with Crippen molar-refractivity contribution in [2.75, 3.05) is 24.3 Å². The van der Waals surface area contributed by atoms with Gasteiger partial charge in [-0.25, -0.2) is 4.98 Å². The lowest BCUT2D eigenvalue weighted by Crippen LogP contribution is -2.17. The average Bonchev–Trinajstić information content (AvgIpc) is 2.99. The van der Waals surface area contributed by atoms with Crippen LogP contribution in [0.2, 0.25) is 5.02 Å². The molecule has 0 unspecified atom stereocenters. The van der Waals surface area contributed by atoms with E-state index in [9.17, 15) is 4.79 Å². The Bertz CT molecular complexity index is 756. The predicted octanol–water partition coefficient (Wildman–Crippen LogP) is 4.25. The van der Waals surface area contributed by atoms with Gasteiger partial charge >= 0.3 is 0 Å². The summed E-state index contributed by atoms with van der Waals surface area (Å²) in [5, 5.41) is 7.30. The third kappa shape index (κ3) is 5.31. The fourth-order valence-electron chi connectivity index (χ4n) is 2.03. The zero-order valence-electron chi connectivity index (χ0n) is 15.1. The van der Waals surface area contributed by atoms with Crippen LogP contribution in [-0.2, 0) is 10.2 Å². The van der Waals surface area contributed by atoms with Crippen molar-refractivity contribution >= 4 is 39.9 Å². The molecule has 0 spiro atoms. The van der Waals surface area contributed by atoms with Gasteiger partial charge in [0, 0.05) is 41.0 Å². The minimum atomic E-state index is -0.118. The maximum atomic E-state index is 12.2. The van der Waals surface area contributed by atoms with Crippen molar-refractivity contribution in [1.82, 2.24) is 9.36 Å². The van der Waals surface area contributed by atoms with Gasteiger partial charge in [-0.2, -0.15) is 4.37 Å². The maximum absolute atomic E-state index is 12.2. The van der Waals surface area contributed by atoms with Gasteiger partial charge < -0.3 is 15.4 Å². The summed E-state index contributed by atoms with van der Waals surface area (Å²) in [6, 6.07) is 3.49. The molecule has 25 heavy (non-hydrogen) atoms. The second-order valence-corrected chi connectivity index (χ2v) is 7.86. The Morgan fingerprint density at radius 3 is 2.68 bits per heavy atom. The van der Waals surface area contributed by atoms with E-state index in [2.05, 4.69) is 40.8 Å². The van der Waals surface area contributed by atoms with Crippen LogP contribution in [0.4, 0.5) is 10.8 Å². The average molecular weight is 383 g/mol. The molecule has 8 heteroatoms. The summed E-state index contributed by atoms with van der Waals surface area (Å²) >= 11 is 7.38. The van der Waals surface area contributed by atoms with E-state index in [0.717, 1.165) is 16.5 Å². The molecular weight excluding hydrogens is 360 g/mol. The molecule has 6 nitrogen and oxygen atoms in total. The lowest BCUT2D eigenvalue weighted by atomic mass is 9.96. The van der Waals surface area contributed by atoms with Gasteiger partial charge in [0.15, 0.2) is 0 Å². The van der Waals surface area contributed by atoms with Gasteiger partial charge in [-0.15, -0.1) is 0 Å². The maximum Gasteiger partial charge on any atom is 0.226 e. The van der Waals surface area contributed by atoms with Crippen molar-refractivity contribution in [3.05, 3.63) is 28.5 Å². The molecule has 2 rings (SSSR count). The van der Waals surface area contributed by atoms with Crippen molar-refractivity contribution in [2.45, 2.75) is 39.5 Å². The molecule has 0 aliphatic carbocycles. The molecule has 1 heterocycles. The SMILES string of the molecule is COc1cc(Cl)c(C)cc1NC(=O)CCNc1nc(C(C)(C)C)ns1. The van der Waals surface area contributed by atoms with E-state index in [1.807, 2.05) is 6.92 Å². The number of hydrogen-bond acceptors (Lipinski definition) is 6. The monoisotopic (exact) mass is 382 g/mol. The summed E-state index contributed by atoms with van der Waals surface area (Å²) < 4.78 is 9.59. The second-order valence-electron chi connectivity index (χ2n) is 6.70. The molecule has 1 aromatic carbocycles. The molecule has 136 valence electrons. The van der Waals surface area contributed by atoms with Crippen molar-refractivity contribution in [2.24, 2.45) is 0 Å². The smallest absolute Gasteiger partial charge is 0.226 e. The third-order valence-corrected chi connectivity index (χ3v) is 4.56. The minimum absolute atomic E-state index is 0.0865. The molecule has 0 aliphatic heterocycles. The Morgan fingerprint density at radius 2 is 2.08 bits per heavy atom. The van der Waals surface area contributed by atoms with Crippen LogP contribution in [0.1, 0.15) is 38.6 Å². The Kier molecular flexibility index (Phi) is 6.24. The highest BCUT2D eigenvalue weighted by atomic mass is 35.5. The first-order valence-electron chi connectivity index (χ1n) is 7.92. The Labute approximate surface area is 157 Å². The summed E-state index contributed by atoms with van der Waals surface area (Å²) in [5.74, 6) is 1.22. The van der Waals surface area contributed by atoms with Gasteiger partial charge in [-0.1, -0.05) is 32.4 Å². The first-order valence-corrected chi connectivity index (χ1v) is 9.08. The van der Waals surface area contributed by atoms with Crippen LogP contribution in [0.25, 0.3) is 0 Å². The highest BCUT2D eigenvalue weighted by molar-refractivity contribution is 7.09. The fourth-order valence-corrected chi connectivity index (χ4v) is 2.96. The Balaban J connectivity index is 1.89. The van der Waals surface area contributed by atoms with Crippen LogP contribution in [0.15, 0.2) is 12.1 Å². The number of amides is 1. The molecule has 1 aromatic heterocycles. The second kappa shape index (κ2) is 8.01. The number of nitrogens with zero attached hydrogens (tertiary/aromatic N) is 2. The molecule has 0 aliphatic rings. The molecule has 0 saturated heterocycles. The van der Waals surface area contributed by atoms with E-state index >= 15 is 0 Å². The molecular formula is C17H23ClN4O2S. The van der Waals surface area contributed by atoms with Gasteiger partial charge in [0.25, 0.3) is 0 Å². The van der Waals surface area contributed by atoms with E-state index in [4.69, 9.17) is 16.3 Å². The molecule has 0 bridgehead atoms. The molecule has 0 fully saturated rings. The van der Waals surface area contributed by atoms with Crippen LogP contribution in [0.3, 0.4) is 0 Å². The number of hydrogen-bond donors (Lipinski definition) is 2. The van der Waals surface area contributed by atoms with Crippen LogP contribution >= 0.6 is 23.1 Å². The number of nitrogens with one attached hydrogen (secondary N) is 2. The number of rotatable bonds is 6. The Morgan fingerprint density at radius 1 is 1.36 bits per heavy atom. The molecule has 0 atom stereocenters. The van der Waals surface area contributed by atoms with E-state index in [0.29, 0.717) is 29.4 Å². The van der Waals surface area contributed by atoms with Crippen molar-refractivity contribution in [1.29, 1.82) is 0 Å². The van der Waals surface area contributed by atoms with Crippen molar-refractivity contribution < 1.29 is 9.53 Å². The zero-order valence-corrected chi connectivity index (χ0v) is 16.6. The largest absolute Gasteiger partial charge is 0.495 e. The first-order chi connectivity index (χ1) is 11.7. The summed E-state index contributed by atoms with van der Waals surface area (Å²) in [5.41, 5.74) is 1.40. The summed E-state index contributed by atoms with van der Waals surface area (Å²) in [6.07, 6.45) is 0.301. The predicted molar refractivity (Wildman–Crippen MR) is 103 cm³/mol. The van der Waals surface area contributed by atoms with E-state index in [1.54, 1.807) is 19.2 Å². The number of ether oxygens (including phenoxy) is 1. The zero-order chi connectivity index (χ0) is 18.6. The summed E-state index contributed by atoms with van der Waals surface area (Å²) in [4.78, 5) is 16.6. The quantitative estimate of drug-likeness (QED) is 0.781. The van der Waals surface area contributed by atoms with Gasteiger partial charge in [0.2, 0.25) is 11.0 Å². The molecule has 2 aromatic rings. The number of benzene rings is 1. The van der Waals surface area contributed by atoms with Crippen LogP contribution in [-0.4, -0.2) is 28.9 Å². The van der Waals surface area contributed by atoms with E-state index < -0.39 is 0 Å². The van der Waals surface area contributed by atoms with Crippen molar-refractivity contribution in [3.8, 4) is 5.75 Å². The van der Waals surface area contributed by atoms with Crippen LogP contribution in [0, 0.1) is 6.92 Å². The van der Waals surface area contributed by atoms with Crippen molar-refractivity contribution in [3.63, 3.8) is 0 Å². The van der Waals surface area contributed by atoms with Gasteiger partial charge in [0.1, 0.15) is 11.6 Å². The summed E-state index contributed by atoms with van der Waals surface area (Å²) in [6.45, 7) is 8.54. The van der Waals surface area contributed by atoms with Gasteiger partial charge in [-0.05, 0) is 18.6 Å². The molecule has 0 radical (unpaired) electrons. The van der Waals surface area contributed by atoms with Crippen LogP contribution in [0.5, 0.6) is 5.75 Å². The summed E-state index contributed by atoms with van der Waals surface area (Å²) in [7, 11) is 1.54. The molecule has 2 N–H and O–H groups in total. The minimum Gasteiger partial charge on any atom is -0.495 e. The number of halogens is 1. The third-order valence-electron chi connectivity index (χ3n) is 3.48. The highest BCUT2D eigenvalue weighted by Crippen LogP contribution is 2.31. The number of methoxy groups -OCH3 is 1. The van der Waals surface area contributed by atoms with Gasteiger partial charge in [0.05, 0.1) is 12.8 Å². The lowest BCUT2D eigenvalue weighted by molar-refractivity contribution is -0.116.